The van der Waals surface area contributed by atoms with Crippen molar-refractivity contribution in [1.29, 1.82) is 0 Å². The lowest BCUT2D eigenvalue weighted by Gasteiger charge is -2.25. The number of esters is 2. The second kappa shape index (κ2) is 14.0. The maximum Gasteiger partial charge on any atom is 0.308 e. The molecule has 1 amide bonds. The Morgan fingerprint density at radius 1 is 0.864 bits per heavy atom. The smallest absolute Gasteiger partial charge is 0.308 e. The van der Waals surface area contributed by atoms with E-state index in [0.717, 1.165) is 6.42 Å². The largest absolute Gasteiger partial charge is 0.423 e. The van der Waals surface area contributed by atoms with Crippen molar-refractivity contribution in [2.24, 2.45) is 0 Å². The molecule has 44 heavy (non-hydrogen) atoms. The molecule has 0 saturated carbocycles. The quantitative estimate of drug-likeness (QED) is 0.116. The van der Waals surface area contributed by atoms with Crippen LogP contribution in [0.25, 0.3) is 16.8 Å². The molecule has 228 valence electrons. The number of anilines is 2. The predicted octanol–water partition coefficient (Wildman–Crippen LogP) is 6.48. The van der Waals surface area contributed by atoms with Crippen molar-refractivity contribution >= 4 is 56.1 Å². The van der Waals surface area contributed by atoms with Crippen LogP contribution in [0.15, 0.2) is 89.8 Å². The van der Waals surface area contributed by atoms with Gasteiger partial charge in [0.05, 0.1) is 10.6 Å². The van der Waals surface area contributed by atoms with E-state index in [9.17, 15) is 27.2 Å². The minimum Gasteiger partial charge on any atom is -0.423 e. The molecule has 0 aromatic heterocycles. The van der Waals surface area contributed by atoms with Gasteiger partial charge in [0.25, 0.3) is 10.0 Å². The van der Waals surface area contributed by atoms with Gasteiger partial charge >= 0.3 is 11.9 Å². The Morgan fingerprint density at radius 3 is 2.20 bits per heavy atom. The molecule has 9 nitrogen and oxygen atoms in total. The normalized spacial score (nSPS) is 11.4. The topological polar surface area (TPSA) is 119 Å². The summed E-state index contributed by atoms with van der Waals surface area (Å²) in [5.74, 6) is -2.09. The Labute approximate surface area is 254 Å². The molecule has 0 radical (unpaired) electrons. The summed E-state index contributed by atoms with van der Waals surface area (Å²) in [6.45, 7) is 4.59. The third-order valence-corrected chi connectivity index (χ3v) is 8.33. The number of sulfonamides is 1. The molecule has 0 fully saturated rings. The number of fused-ring (bicyclic) bond motifs is 1. The molecule has 0 spiro atoms. The molecule has 0 aliphatic heterocycles. The zero-order valence-electron chi connectivity index (χ0n) is 24.4. The highest BCUT2D eigenvalue weighted by Gasteiger charge is 2.27. The van der Waals surface area contributed by atoms with E-state index < -0.39 is 33.7 Å². The van der Waals surface area contributed by atoms with Crippen LogP contribution >= 0.6 is 0 Å². The van der Waals surface area contributed by atoms with E-state index in [1.165, 1.54) is 72.8 Å². The van der Waals surface area contributed by atoms with Crippen LogP contribution in [-0.4, -0.2) is 32.8 Å². The summed E-state index contributed by atoms with van der Waals surface area (Å²) in [7, 11) is -4.06. The standard InChI is InChI=1S/C33H31FN2O7S/c1-4-5-20-36(26-16-14-25(34)15-17-26)44(40,41)32-11-7-8-27-28(32)9-6-10-29(27)35-33(39)19-13-24-12-18-30(42-22(2)37)31(21-24)43-23(3)38/h6-19,21H,4-5,20H2,1-3H3,(H,35,39)/b19-13+. The first-order chi connectivity index (χ1) is 21.0. The van der Waals surface area contributed by atoms with Crippen LogP contribution in [0.1, 0.15) is 39.2 Å². The Morgan fingerprint density at radius 2 is 1.52 bits per heavy atom. The molecule has 0 atom stereocenters. The minimum atomic E-state index is -4.06. The average molecular weight is 619 g/mol. The number of carbonyl (C=O) groups excluding carboxylic acids is 3. The summed E-state index contributed by atoms with van der Waals surface area (Å²) in [5, 5.41) is 3.70. The van der Waals surface area contributed by atoms with E-state index in [1.807, 2.05) is 6.92 Å². The summed E-state index contributed by atoms with van der Waals surface area (Å²) in [5.41, 5.74) is 1.23. The van der Waals surface area contributed by atoms with Crippen LogP contribution in [-0.2, 0) is 24.4 Å². The molecule has 0 saturated heterocycles. The SMILES string of the molecule is CCCCN(c1ccc(F)cc1)S(=O)(=O)c1cccc2c(NC(=O)/C=C/c3ccc(OC(C)=O)c(OC(C)=O)c3)cccc12. The van der Waals surface area contributed by atoms with Crippen molar-refractivity contribution in [3.8, 4) is 11.5 Å². The first-order valence-electron chi connectivity index (χ1n) is 13.8. The van der Waals surface area contributed by atoms with Crippen molar-refractivity contribution < 1.29 is 36.7 Å². The van der Waals surface area contributed by atoms with E-state index in [2.05, 4.69) is 5.32 Å². The molecular weight excluding hydrogens is 587 g/mol. The van der Waals surface area contributed by atoms with Gasteiger partial charge in [0.15, 0.2) is 11.5 Å². The van der Waals surface area contributed by atoms with Crippen molar-refractivity contribution in [3.63, 3.8) is 0 Å². The van der Waals surface area contributed by atoms with Crippen LogP contribution in [0.2, 0.25) is 0 Å². The van der Waals surface area contributed by atoms with Gasteiger partial charge in [0, 0.05) is 42.9 Å². The Bertz CT molecular complexity index is 1840. The van der Waals surface area contributed by atoms with Gasteiger partial charge in [-0.1, -0.05) is 43.7 Å². The van der Waals surface area contributed by atoms with Gasteiger partial charge in [-0.3, -0.25) is 18.7 Å². The van der Waals surface area contributed by atoms with E-state index >= 15 is 0 Å². The molecule has 11 heteroatoms. The van der Waals surface area contributed by atoms with Gasteiger partial charge in [-0.05, 0) is 66.6 Å². The third-order valence-electron chi connectivity index (χ3n) is 6.44. The monoisotopic (exact) mass is 618 g/mol. The molecule has 0 bridgehead atoms. The van der Waals surface area contributed by atoms with Crippen LogP contribution in [0.5, 0.6) is 11.5 Å². The second-order valence-electron chi connectivity index (χ2n) is 9.78. The first kappa shape index (κ1) is 31.9. The maximum absolute atomic E-state index is 14.0. The molecule has 1 N–H and O–H groups in total. The lowest BCUT2D eigenvalue weighted by atomic mass is 10.1. The summed E-state index contributed by atoms with van der Waals surface area (Å²) >= 11 is 0. The van der Waals surface area contributed by atoms with Gasteiger partial charge in [-0.25, -0.2) is 12.8 Å². The molecule has 0 unspecified atom stereocenters. The Hall–Kier alpha value is -5.03. The number of nitrogens with one attached hydrogen (secondary N) is 1. The van der Waals surface area contributed by atoms with Gasteiger partial charge < -0.3 is 14.8 Å². The molecular formula is C33H31FN2O7S. The molecule has 4 aromatic rings. The highest BCUT2D eigenvalue weighted by molar-refractivity contribution is 7.93. The van der Waals surface area contributed by atoms with Crippen LogP contribution in [0.3, 0.4) is 0 Å². The van der Waals surface area contributed by atoms with Gasteiger partial charge in [-0.2, -0.15) is 0 Å². The van der Waals surface area contributed by atoms with Crippen molar-refractivity contribution in [1.82, 2.24) is 0 Å². The number of rotatable bonds is 11. The summed E-state index contributed by atoms with van der Waals surface area (Å²) in [4.78, 5) is 35.8. The summed E-state index contributed by atoms with van der Waals surface area (Å²) in [6.07, 6.45) is 4.10. The minimum absolute atomic E-state index is 0.0201. The lowest BCUT2D eigenvalue weighted by molar-refractivity contribution is -0.134. The third kappa shape index (κ3) is 7.67. The second-order valence-corrected chi connectivity index (χ2v) is 11.6. The van der Waals surface area contributed by atoms with Crippen molar-refractivity contribution in [2.75, 3.05) is 16.2 Å². The number of unbranched alkanes of at least 4 members (excludes halogenated alkanes) is 1. The number of hydrogen-bond donors (Lipinski definition) is 1. The van der Waals surface area contributed by atoms with E-state index in [0.29, 0.717) is 34.1 Å². The Kier molecular flexibility index (Phi) is 10.1. The number of nitrogens with zero attached hydrogens (tertiary/aromatic N) is 1. The number of hydrogen-bond acceptors (Lipinski definition) is 7. The highest BCUT2D eigenvalue weighted by atomic mass is 32.2. The van der Waals surface area contributed by atoms with Crippen molar-refractivity contribution in [2.45, 2.75) is 38.5 Å². The molecule has 4 rings (SSSR count). The van der Waals surface area contributed by atoms with Crippen LogP contribution < -0.4 is 19.1 Å². The van der Waals surface area contributed by atoms with E-state index in [-0.39, 0.29) is 22.9 Å². The molecule has 0 aliphatic rings. The zero-order valence-corrected chi connectivity index (χ0v) is 25.2. The zero-order chi connectivity index (χ0) is 31.9. The number of halogens is 1. The van der Waals surface area contributed by atoms with Crippen LogP contribution in [0, 0.1) is 5.82 Å². The summed E-state index contributed by atoms with van der Waals surface area (Å²) < 4.78 is 53.0. The molecule has 0 heterocycles. The fourth-order valence-corrected chi connectivity index (χ4v) is 6.19. The predicted molar refractivity (Wildman–Crippen MR) is 167 cm³/mol. The first-order valence-corrected chi connectivity index (χ1v) is 15.2. The van der Waals surface area contributed by atoms with E-state index in [4.69, 9.17) is 9.47 Å². The highest BCUT2D eigenvalue weighted by Crippen LogP contribution is 2.33. The van der Waals surface area contributed by atoms with Crippen LogP contribution in [0.4, 0.5) is 15.8 Å². The summed E-state index contributed by atoms with van der Waals surface area (Å²) in [6, 6.07) is 19.6. The number of amides is 1. The van der Waals surface area contributed by atoms with E-state index in [1.54, 1.807) is 36.4 Å². The fourth-order valence-electron chi connectivity index (χ4n) is 4.48. The number of carbonyl (C=O) groups is 3. The number of ether oxygens (including phenoxy) is 2. The molecule has 0 aliphatic carbocycles. The van der Waals surface area contributed by atoms with Gasteiger partial charge in [0.2, 0.25) is 5.91 Å². The van der Waals surface area contributed by atoms with Gasteiger partial charge in [0.1, 0.15) is 5.82 Å². The Balaban J connectivity index is 1.63. The maximum atomic E-state index is 14.0. The fraction of sp³-hybridized carbons (Fsp3) is 0.182. The number of benzene rings is 4. The lowest BCUT2D eigenvalue weighted by Crippen LogP contribution is -2.32. The van der Waals surface area contributed by atoms with Crippen molar-refractivity contribution in [3.05, 3.63) is 96.3 Å². The van der Waals surface area contributed by atoms with Gasteiger partial charge in [-0.15, -0.1) is 0 Å². The molecule has 4 aromatic carbocycles. The average Bonchev–Trinajstić information content (AvgIpc) is 2.97.